The molecule has 0 aliphatic carbocycles. The van der Waals surface area contributed by atoms with Gasteiger partial charge in [0.15, 0.2) is 5.82 Å². The van der Waals surface area contributed by atoms with Gasteiger partial charge in [-0.15, -0.1) is 0 Å². The van der Waals surface area contributed by atoms with E-state index in [0.29, 0.717) is 5.92 Å². The van der Waals surface area contributed by atoms with Gasteiger partial charge in [0.05, 0.1) is 0 Å². The molecule has 0 unspecified atom stereocenters. The Bertz CT molecular complexity index is 503. The van der Waals surface area contributed by atoms with Crippen molar-refractivity contribution in [2.45, 2.75) is 19.8 Å². The largest absolute Gasteiger partial charge is 0.252 e. The van der Waals surface area contributed by atoms with Crippen LogP contribution >= 0.6 is 15.9 Å². The van der Waals surface area contributed by atoms with Crippen LogP contribution in [-0.2, 0) is 7.05 Å². The molecule has 0 bridgehead atoms. The Labute approximate surface area is 104 Å². The van der Waals surface area contributed by atoms with Crippen LogP contribution in [-0.4, -0.2) is 14.8 Å². The minimum Gasteiger partial charge on any atom is -0.252 e. The Balaban J connectivity index is 2.45. The van der Waals surface area contributed by atoms with Crippen LogP contribution < -0.4 is 0 Å². The van der Waals surface area contributed by atoms with Crippen LogP contribution in [0.25, 0.3) is 11.4 Å². The van der Waals surface area contributed by atoms with E-state index in [2.05, 4.69) is 39.9 Å². The molecule has 0 aliphatic heterocycles. The molecular weight excluding hydrogens is 266 g/mol. The lowest BCUT2D eigenvalue weighted by Gasteiger charge is -2.00. The van der Waals surface area contributed by atoms with Gasteiger partial charge in [-0.05, 0) is 12.1 Å². The predicted octanol–water partition coefficient (Wildman–Crippen LogP) is 3.37. The number of rotatable bonds is 2. The monoisotopic (exact) mass is 279 g/mol. The molecule has 0 saturated carbocycles. The summed E-state index contributed by atoms with van der Waals surface area (Å²) in [5, 5.41) is 4.43. The van der Waals surface area contributed by atoms with Crippen LogP contribution in [0, 0.1) is 0 Å². The summed E-state index contributed by atoms with van der Waals surface area (Å²) in [5.41, 5.74) is 1.04. The summed E-state index contributed by atoms with van der Waals surface area (Å²) in [5.74, 6) is 2.18. The van der Waals surface area contributed by atoms with Gasteiger partial charge in [0.1, 0.15) is 5.82 Å². The fourth-order valence-corrected chi connectivity index (χ4v) is 2.05. The Morgan fingerprint density at radius 3 is 2.62 bits per heavy atom. The molecule has 1 heterocycles. The van der Waals surface area contributed by atoms with Crippen molar-refractivity contribution in [3.05, 3.63) is 34.6 Å². The Kier molecular flexibility index (Phi) is 3.10. The predicted molar refractivity (Wildman–Crippen MR) is 68.2 cm³/mol. The third-order valence-corrected chi connectivity index (χ3v) is 2.89. The highest BCUT2D eigenvalue weighted by atomic mass is 79.9. The van der Waals surface area contributed by atoms with Gasteiger partial charge < -0.3 is 0 Å². The zero-order chi connectivity index (χ0) is 11.7. The Hall–Kier alpha value is -1.16. The van der Waals surface area contributed by atoms with Crippen molar-refractivity contribution in [1.82, 2.24) is 14.8 Å². The number of halogens is 1. The number of benzene rings is 1. The summed E-state index contributed by atoms with van der Waals surface area (Å²) >= 11 is 3.45. The fraction of sp³-hybridized carbons (Fsp3) is 0.333. The molecule has 0 atom stereocenters. The lowest BCUT2D eigenvalue weighted by atomic mass is 10.2. The van der Waals surface area contributed by atoms with E-state index >= 15 is 0 Å². The molecule has 0 amide bonds. The molecule has 1 aromatic carbocycles. The maximum absolute atomic E-state index is 4.55. The summed E-state index contributed by atoms with van der Waals surface area (Å²) < 4.78 is 2.89. The molecule has 3 nitrogen and oxygen atoms in total. The van der Waals surface area contributed by atoms with E-state index in [1.54, 1.807) is 0 Å². The maximum atomic E-state index is 4.55. The van der Waals surface area contributed by atoms with Gasteiger partial charge >= 0.3 is 0 Å². The summed E-state index contributed by atoms with van der Waals surface area (Å²) in [7, 11) is 1.93. The third kappa shape index (κ3) is 2.16. The molecule has 0 aliphatic rings. The highest BCUT2D eigenvalue weighted by Gasteiger charge is 2.11. The minimum absolute atomic E-state index is 0.387. The van der Waals surface area contributed by atoms with Crippen molar-refractivity contribution in [2.24, 2.45) is 7.05 Å². The third-order valence-electron chi connectivity index (χ3n) is 2.40. The zero-order valence-electron chi connectivity index (χ0n) is 9.61. The maximum Gasteiger partial charge on any atom is 0.181 e. The second-order valence-corrected chi connectivity index (χ2v) is 5.00. The van der Waals surface area contributed by atoms with E-state index in [1.807, 2.05) is 36.0 Å². The second kappa shape index (κ2) is 4.37. The molecule has 0 N–H and O–H groups in total. The average Bonchev–Trinajstić information content (AvgIpc) is 2.60. The van der Waals surface area contributed by atoms with Gasteiger partial charge in [-0.2, -0.15) is 5.10 Å². The molecule has 0 radical (unpaired) electrons. The van der Waals surface area contributed by atoms with E-state index in [1.165, 1.54) is 0 Å². The van der Waals surface area contributed by atoms with Crippen molar-refractivity contribution in [2.75, 3.05) is 0 Å². The lowest BCUT2D eigenvalue weighted by molar-refractivity contribution is 0.655. The normalized spacial score (nSPS) is 11.1. The topological polar surface area (TPSA) is 30.7 Å². The van der Waals surface area contributed by atoms with Crippen molar-refractivity contribution < 1.29 is 0 Å². The van der Waals surface area contributed by atoms with Crippen molar-refractivity contribution in [3.8, 4) is 11.4 Å². The summed E-state index contributed by atoms with van der Waals surface area (Å²) in [6, 6.07) is 8.03. The number of hydrogen-bond donors (Lipinski definition) is 0. The molecule has 16 heavy (non-hydrogen) atoms. The standard InChI is InChI=1S/C12H14BrN3/c1-8(2)12-14-11(15-16(12)3)9-5-4-6-10(13)7-9/h4-8H,1-3H3. The Morgan fingerprint density at radius 2 is 2.06 bits per heavy atom. The van der Waals surface area contributed by atoms with Crippen LogP contribution in [0.5, 0.6) is 0 Å². The summed E-state index contributed by atoms with van der Waals surface area (Å²) in [6.07, 6.45) is 0. The van der Waals surface area contributed by atoms with Gasteiger partial charge in [0, 0.05) is 23.0 Å². The van der Waals surface area contributed by atoms with Crippen LogP contribution in [0.2, 0.25) is 0 Å². The van der Waals surface area contributed by atoms with Gasteiger partial charge in [-0.3, -0.25) is 4.68 Å². The molecule has 0 spiro atoms. The van der Waals surface area contributed by atoms with Crippen molar-refractivity contribution in [1.29, 1.82) is 0 Å². The highest BCUT2D eigenvalue weighted by Crippen LogP contribution is 2.21. The first-order chi connectivity index (χ1) is 7.58. The van der Waals surface area contributed by atoms with E-state index in [0.717, 1.165) is 21.7 Å². The first-order valence-electron chi connectivity index (χ1n) is 5.25. The molecule has 0 saturated heterocycles. The molecule has 2 aromatic rings. The van der Waals surface area contributed by atoms with E-state index in [9.17, 15) is 0 Å². The number of hydrogen-bond acceptors (Lipinski definition) is 2. The smallest absolute Gasteiger partial charge is 0.181 e. The molecule has 4 heteroatoms. The van der Waals surface area contributed by atoms with Crippen molar-refractivity contribution >= 4 is 15.9 Å². The van der Waals surface area contributed by atoms with Gasteiger partial charge in [0.25, 0.3) is 0 Å². The second-order valence-electron chi connectivity index (χ2n) is 4.08. The fourth-order valence-electron chi connectivity index (χ4n) is 1.65. The summed E-state index contributed by atoms with van der Waals surface area (Å²) in [6.45, 7) is 4.24. The van der Waals surface area contributed by atoms with Crippen LogP contribution in [0.1, 0.15) is 25.6 Å². The number of nitrogens with zero attached hydrogens (tertiary/aromatic N) is 3. The first-order valence-corrected chi connectivity index (χ1v) is 6.04. The highest BCUT2D eigenvalue weighted by molar-refractivity contribution is 9.10. The molecule has 84 valence electrons. The first kappa shape index (κ1) is 11.3. The molecule has 2 rings (SSSR count). The average molecular weight is 280 g/mol. The number of aromatic nitrogens is 3. The van der Waals surface area contributed by atoms with Gasteiger partial charge in [-0.1, -0.05) is 41.9 Å². The molecule has 1 aromatic heterocycles. The lowest BCUT2D eigenvalue weighted by Crippen LogP contribution is -2.00. The quantitative estimate of drug-likeness (QED) is 0.844. The SMILES string of the molecule is CC(C)c1nc(-c2cccc(Br)c2)nn1C. The van der Waals surface area contributed by atoms with E-state index in [-0.39, 0.29) is 0 Å². The molecule has 0 fully saturated rings. The van der Waals surface area contributed by atoms with E-state index in [4.69, 9.17) is 0 Å². The zero-order valence-corrected chi connectivity index (χ0v) is 11.2. The minimum atomic E-state index is 0.387. The van der Waals surface area contributed by atoms with Crippen LogP contribution in [0.15, 0.2) is 28.7 Å². The van der Waals surface area contributed by atoms with Crippen LogP contribution in [0.3, 0.4) is 0 Å². The summed E-state index contributed by atoms with van der Waals surface area (Å²) in [4.78, 5) is 4.55. The van der Waals surface area contributed by atoms with Crippen LogP contribution in [0.4, 0.5) is 0 Å². The van der Waals surface area contributed by atoms with E-state index < -0.39 is 0 Å². The van der Waals surface area contributed by atoms with Crippen molar-refractivity contribution in [3.63, 3.8) is 0 Å². The van der Waals surface area contributed by atoms with Gasteiger partial charge in [-0.25, -0.2) is 4.98 Å². The van der Waals surface area contributed by atoms with Gasteiger partial charge in [0.2, 0.25) is 0 Å². The molecular formula is C12H14BrN3. The Morgan fingerprint density at radius 1 is 1.31 bits per heavy atom. The number of aryl methyl sites for hydroxylation is 1.